The molecule has 0 atom stereocenters. The molecule has 0 aliphatic carbocycles. The monoisotopic (exact) mass is 282 g/mol. The van der Waals surface area contributed by atoms with E-state index in [1.54, 1.807) is 36.4 Å². The van der Waals surface area contributed by atoms with Crippen molar-refractivity contribution in [3.05, 3.63) is 71.9 Å². The first-order chi connectivity index (χ1) is 10.2. The number of carbonyl (C=O) groups excluding carboxylic acids is 1. The molecule has 4 nitrogen and oxygen atoms in total. The molecule has 0 amide bonds. The van der Waals surface area contributed by atoms with Gasteiger partial charge in [0.05, 0.1) is 6.42 Å². The fourth-order valence-electron chi connectivity index (χ4n) is 1.93. The van der Waals surface area contributed by atoms with Crippen LogP contribution in [0.25, 0.3) is 11.4 Å². The zero-order valence-electron chi connectivity index (χ0n) is 11.0. The van der Waals surface area contributed by atoms with Gasteiger partial charge in [0.1, 0.15) is 5.82 Å². The molecule has 0 saturated carbocycles. The molecule has 0 fully saturated rings. The number of ketones is 1. The molecule has 0 spiro atoms. The lowest BCUT2D eigenvalue weighted by Crippen LogP contribution is -2.03. The first kappa shape index (κ1) is 13.2. The highest BCUT2D eigenvalue weighted by Crippen LogP contribution is 2.17. The molecule has 5 heteroatoms. The molecule has 2 aromatic carbocycles. The molecule has 1 heterocycles. The highest BCUT2D eigenvalue weighted by atomic mass is 19.1. The SMILES string of the molecule is O=C(Cc1nc(-c2cccc(F)c2)no1)c1ccccc1. The normalized spacial score (nSPS) is 10.5. The molecule has 3 rings (SSSR count). The van der Waals surface area contributed by atoms with Crippen LogP contribution < -0.4 is 0 Å². The van der Waals surface area contributed by atoms with Gasteiger partial charge in [-0.2, -0.15) is 4.98 Å². The Morgan fingerprint density at radius 2 is 1.90 bits per heavy atom. The van der Waals surface area contributed by atoms with Gasteiger partial charge in [0.15, 0.2) is 5.78 Å². The lowest BCUT2D eigenvalue weighted by Gasteiger charge is -1.96. The van der Waals surface area contributed by atoms with E-state index in [1.165, 1.54) is 12.1 Å². The van der Waals surface area contributed by atoms with Gasteiger partial charge in [-0.3, -0.25) is 4.79 Å². The van der Waals surface area contributed by atoms with Crippen LogP contribution in [0.2, 0.25) is 0 Å². The Morgan fingerprint density at radius 1 is 1.10 bits per heavy atom. The fourth-order valence-corrected chi connectivity index (χ4v) is 1.93. The van der Waals surface area contributed by atoms with Crippen molar-refractivity contribution >= 4 is 5.78 Å². The Bertz CT molecular complexity index is 769. The molecule has 0 N–H and O–H groups in total. The van der Waals surface area contributed by atoms with Gasteiger partial charge in [-0.15, -0.1) is 0 Å². The largest absolute Gasteiger partial charge is 0.338 e. The molecule has 1 aromatic heterocycles. The minimum Gasteiger partial charge on any atom is -0.338 e. The Balaban J connectivity index is 1.78. The summed E-state index contributed by atoms with van der Waals surface area (Å²) in [5, 5.41) is 3.77. The lowest BCUT2D eigenvalue weighted by molar-refractivity contribution is 0.0983. The summed E-state index contributed by atoms with van der Waals surface area (Å²) in [6, 6.07) is 14.8. The third-order valence-electron chi connectivity index (χ3n) is 2.96. The maximum Gasteiger partial charge on any atom is 0.234 e. The molecule has 0 unspecified atom stereocenters. The number of hydrogen-bond donors (Lipinski definition) is 0. The molecule has 104 valence electrons. The topological polar surface area (TPSA) is 56.0 Å². The van der Waals surface area contributed by atoms with E-state index in [0.29, 0.717) is 11.1 Å². The number of aromatic nitrogens is 2. The zero-order valence-corrected chi connectivity index (χ0v) is 11.0. The van der Waals surface area contributed by atoms with Gasteiger partial charge in [-0.05, 0) is 12.1 Å². The average molecular weight is 282 g/mol. The maximum atomic E-state index is 13.2. The summed E-state index contributed by atoms with van der Waals surface area (Å²) < 4.78 is 18.2. The van der Waals surface area contributed by atoms with Crippen LogP contribution in [0.4, 0.5) is 4.39 Å². The summed E-state index contributed by atoms with van der Waals surface area (Å²) in [5.74, 6) is -0.00210. The summed E-state index contributed by atoms with van der Waals surface area (Å²) in [6.45, 7) is 0. The second-order valence-corrected chi connectivity index (χ2v) is 4.49. The van der Waals surface area contributed by atoms with Crippen molar-refractivity contribution in [1.82, 2.24) is 10.1 Å². The van der Waals surface area contributed by atoms with Crippen molar-refractivity contribution in [3.8, 4) is 11.4 Å². The predicted octanol–water partition coefficient (Wildman–Crippen LogP) is 3.30. The predicted molar refractivity (Wildman–Crippen MR) is 74.2 cm³/mol. The first-order valence-corrected chi connectivity index (χ1v) is 6.39. The highest BCUT2D eigenvalue weighted by molar-refractivity contribution is 5.96. The zero-order chi connectivity index (χ0) is 14.7. The Kier molecular flexibility index (Phi) is 3.55. The first-order valence-electron chi connectivity index (χ1n) is 6.39. The average Bonchev–Trinajstić information content (AvgIpc) is 2.97. The van der Waals surface area contributed by atoms with Crippen LogP contribution in [0, 0.1) is 5.82 Å². The summed E-state index contributed by atoms with van der Waals surface area (Å²) in [7, 11) is 0. The van der Waals surface area contributed by atoms with E-state index in [0.717, 1.165) is 0 Å². The van der Waals surface area contributed by atoms with Gasteiger partial charge in [0.2, 0.25) is 11.7 Å². The van der Waals surface area contributed by atoms with Gasteiger partial charge < -0.3 is 4.52 Å². The standard InChI is InChI=1S/C16H11FN2O2/c17-13-8-4-7-12(9-13)16-18-15(21-19-16)10-14(20)11-5-2-1-3-6-11/h1-9H,10H2. The number of rotatable bonds is 4. The van der Waals surface area contributed by atoms with Crippen molar-refractivity contribution in [2.75, 3.05) is 0 Å². The molecule has 0 saturated heterocycles. The Labute approximate surface area is 120 Å². The number of carbonyl (C=O) groups is 1. The van der Waals surface area contributed by atoms with Gasteiger partial charge in [-0.25, -0.2) is 4.39 Å². The summed E-state index contributed by atoms with van der Waals surface area (Å²) in [6.07, 6.45) is 0.0202. The molecule has 0 radical (unpaired) electrons. The number of hydrogen-bond acceptors (Lipinski definition) is 4. The summed E-state index contributed by atoms with van der Waals surface area (Å²) in [4.78, 5) is 16.1. The second-order valence-electron chi connectivity index (χ2n) is 4.49. The van der Waals surface area contributed by atoms with Crippen LogP contribution in [-0.2, 0) is 6.42 Å². The van der Waals surface area contributed by atoms with Gasteiger partial charge in [0, 0.05) is 11.1 Å². The lowest BCUT2D eigenvalue weighted by atomic mass is 10.1. The fraction of sp³-hybridized carbons (Fsp3) is 0.0625. The van der Waals surface area contributed by atoms with Gasteiger partial charge in [0.25, 0.3) is 0 Å². The number of Topliss-reactive ketones (excluding diaryl/α,β-unsaturated/α-hetero) is 1. The highest BCUT2D eigenvalue weighted by Gasteiger charge is 2.14. The quantitative estimate of drug-likeness (QED) is 0.689. The molecule has 3 aromatic rings. The minimum atomic E-state index is -0.376. The Hall–Kier alpha value is -2.82. The Morgan fingerprint density at radius 3 is 2.67 bits per heavy atom. The van der Waals surface area contributed by atoms with Crippen LogP contribution in [-0.4, -0.2) is 15.9 Å². The summed E-state index contributed by atoms with van der Waals surface area (Å²) >= 11 is 0. The van der Waals surface area contributed by atoms with Crippen LogP contribution in [0.5, 0.6) is 0 Å². The molecule has 0 aliphatic heterocycles. The van der Waals surface area contributed by atoms with Gasteiger partial charge >= 0.3 is 0 Å². The summed E-state index contributed by atoms with van der Waals surface area (Å²) in [5.41, 5.74) is 1.10. The maximum absolute atomic E-state index is 13.2. The van der Waals surface area contributed by atoms with Crippen molar-refractivity contribution < 1.29 is 13.7 Å². The van der Waals surface area contributed by atoms with Crippen molar-refractivity contribution in [2.24, 2.45) is 0 Å². The van der Waals surface area contributed by atoms with E-state index < -0.39 is 0 Å². The van der Waals surface area contributed by atoms with Gasteiger partial charge in [-0.1, -0.05) is 47.6 Å². The van der Waals surface area contributed by atoms with Crippen molar-refractivity contribution in [2.45, 2.75) is 6.42 Å². The molecular formula is C16H11FN2O2. The van der Waals surface area contributed by atoms with E-state index in [4.69, 9.17) is 4.52 Å². The van der Waals surface area contributed by atoms with E-state index in [2.05, 4.69) is 10.1 Å². The molecule has 0 bridgehead atoms. The van der Waals surface area contributed by atoms with E-state index >= 15 is 0 Å². The molecular weight excluding hydrogens is 271 g/mol. The third kappa shape index (κ3) is 3.02. The third-order valence-corrected chi connectivity index (χ3v) is 2.96. The van der Waals surface area contributed by atoms with E-state index in [1.807, 2.05) is 6.07 Å². The van der Waals surface area contributed by atoms with E-state index in [-0.39, 0.29) is 29.7 Å². The number of halogens is 1. The number of benzene rings is 2. The minimum absolute atomic E-state index is 0.0202. The molecule has 21 heavy (non-hydrogen) atoms. The number of nitrogens with zero attached hydrogens (tertiary/aromatic N) is 2. The smallest absolute Gasteiger partial charge is 0.234 e. The van der Waals surface area contributed by atoms with E-state index in [9.17, 15) is 9.18 Å². The van der Waals surface area contributed by atoms with Crippen LogP contribution >= 0.6 is 0 Å². The van der Waals surface area contributed by atoms with Crippen molar-refractivity contribution in [1.29, 1.82) is 0 Å². The van der Waals surface area contributed by atoms with Crippen LogP contribution in [0.3, 0.4) is 0 Å². The molecule has 0 aliphatic rings. The van der Waals surface area contributed by atoms with Crippen LogP contribution in [0.1, 0.15) is 16.2 Å². The van der Waals surface area contributed by atoms with Crippen LogP contribution in [0.15, 0.2) is 59.1 Å². The van der Waals surface area contributed by atoms with Crippen molar-refractivity contribution in [3.63, 3.8) is 0 Å². The second kappa shape index (κ2) is 5.66.